The number of aromatic carboxylic acids is 1. The van der Waals surface area contributed by atoms with Crippen LogP contribution in [0.2, 0.25) is 0 Å². The number of rotatable bonds is 7. The largest absolute Gasteiger partial charge is 0.478 e. The number of carboxylic acid groups (broad SMARTS) is 1. The number of fused-ring (bicyclic) bond motifs is 1. The van der Waals surface area contributed by atoms with Gasteiger partial charge in [-0.05, 0) is 84.0 Å². The molecule has 0 aliphatic heterocycles. The lowest BCUT2D eigenvalue weighted by molar-refractivity contribution is 0.0697. The van der Waals surface area contributed by atoms with E-state index in [9.17, 15) is 14.7 Å². The second kappa shape index (κ2) is 9.33. The van der Waals surface area contributed by atoms with E-state index in [1.807, 2.05) is 6.07 Å². The van der Waals surface area contributed by atoms with Gasteiger partial charge in [-0.2, -0.15) is 0 Å². The zero-order valence-corrected chi connectivity index (χ0v) is 19.4. The van der Waals surface area contributed by atoms with Crippen LogP contribution in [0, 0.1) is 0 Å². The van der Waals surface area contributed by atoms with E-state index in [1.165, 1.54) is 23.3 Å². The van der Waals surface area contributed by atoms with Crippen molar-refractivity contribution < 1.29 is 19.8 Å². The summed E-state index contributed by atoms with van der Waals surface area (Å²) in [4.78, 5) is 26.0. The molecule has 0 saturated carbocycles. The Morgan fingerprint density at radius 3 is 2.16 bits per heavy atom. The van der Waals surface area contributed by atoms with Crippen LogP contribution in [0.4, 0.5) is 16.2 Å². The van der Waals surface area contributed by atoms with Crippen LogP contribution >= 0.6 is 0 Å². The van der Waals surface area contributed by atoms with Crippen LogP contribution in [0.25, 0.3) is 0 Å². The number of aliphatic hydroxyl groups is 1. The fourth-order valence-electron chi connectivity index (χ4n) is 4.36. The third kappa shape index (κ3) is 5.13. The molecular formula is C26H34N2O4. The molecule has 1 aliphatic rings. The van der Waals surface area contributed by atoms with Gasteiger partial charge in [-0.15, -0.1) is 0 Å². The molecule has 2 aromatic rings. The number of unbranched alkanes of at least 4 members (excludes halogenated alkanes) is 1. The summed E-state index contributed by atoms with van der Waals surface area (Å²) < 4.78 is 0. The quantitative estimate of drug-likeness (QED) is 0.495. The third-order valence-electron chi connectivity index (χ3n) is 6.57. The van der Waals surface area contributed by atoms with Crippen LogP contribution in [0.15, 0.2) is 42.5 Å². The Morgan fingerprint density at radius 1 is 0.938 bits per heavy atom. The fourth-order valence-corrected chi connectivity index (χ4v) is 4.36. The number of carbonyl (C=O) groups excluding carboxylic acids is 1. The Bertz CT molecular complexity index is 980. The van der Waals surface area contributed by atoms with Gasteiger partial charge in [0.1, 0.15) is 0 Å². The number of urea groups is 1. The molecule has 6 heteroatoms. The van der Waals surface area contributed by atoms with E-state index >= 15 is 0 Å². The summed E-state index contributed by atoms with van der Waals surface area (Å²) in [5.41, 5.74) is 4.26. The zero-order chi connectivity index (χ0) is 23.5. The van der Waals surface area contributed by atoms with Crippen molar-refractivity contribution in [2.75, 3.05) is 23.4 Å². The molecule has 0 unspecified atom stereocenters. The first-order chi connectivity index (χ1) is 15.0. The molecule has 172 valence electrons. The van der Waals surface area contributed by atoms with Crippen molar-refractivity contribution in [1.29, 1.82) is 0 Å². The second-order valence-corrected chi connectivity index (χ2v) is 9.89. The SMILES string of the molecule is CC1(C)CCC(C)(C)c2cc(N(CCCCO)C(=O)Nc3ccc(C(=O)O)cc3)ccc21. The molecule has 0 aromatic heterocycles. The van der Waals surface area contributed by atoms with Crippen LogP contribution in [-0.2, 0) is 10.8 Å². The van der Waals surface area contributed by atoms with Crippen molar-refractivity contribution in [1.82, 2.24) is 0 Å². The third-order valence-corrected chi connectivity index (χ3v) is 6.57. The molecule has 2 amide bonds. The summed E-state index contributed by atoms with van der Waals surface area (Å²) >= 11 is 0. The summed E-state index contributed by atoms with van der Waals surface area (Å²) in [6.07, 6.45) is 3.50. The maximum atomic E-state index is 13.2. The number of hydrogen-bond donors (Lipinski definition) is 3. The summed E-state index contributed by atoms with van der Waals surface area (Å²) in [7, 11) is 0. The molecule has 0 bridgehead atoms. The van der Waals surface area contributed by atoms with Crippen LogP contribution in [-0.4, -0.2) is 35.4 Å². The predicted octanol–water partition coefficient (Wildman–Crippen LogP) is 5.54. The van der Waals surface area contributed by atoms with Gasteiger partial charge < -0.3 is 15.5 Å². The number of anilines is 2. The Kier molecular flexibility index (Phi) is 6.94. The summed E-state index contributed by atoms with van der Waals surface area (Å²) in [5.74, 6) is -1.01. The molecule has 2 aromatic carbocycles. The molecule has 32 heavy (non-hydrogen) atoms. The van der Waals surface area contributed by atoms with E-state index in [0.717, 1.165) is 18.5 Å². The Balaban J connectivity index is 1.91. The molecular weight excluding hydrogens is 404 g/mol. The summed E-state index contributed by atoms with van der Waals surface area (Å²) in [6, 6.07) is 12.1. The first-order valence-corrected chi connectivity index (χ1v) is 11.2. The van der Waals surface area contributed by atoms with Crippen molar-refractivity contribution in [2.45, 2.75) is 64.2 Å². The summed E-state index contributed by atoms with van der Waals surface area (Å²) in [6.45, 7) is 9.61. The minimum atomic E-state index is -1.01. The van der Waals surface area contributed by atoms with Gasteiger partial charge in [-0.1, -0.05) is 33.8 Å². The highest BCUT2D eigenvalue weighted by atomic mass is 16.4. The van der Waals surface area contributed by atoms with E-state index < -0.39 is 5.97 Å². The minimum Gasteiger partial charge on any atom is -0.478 e. The first-order valence-electron chi connectivity index (χ1n) is 11.2. The molecule has 0 radical (unpaired) electrons. The lowest BCUT2D eigenvalue weighted by Gasteiger charge is -2.42. The van der Waals surface area contributed by atoms with Gasteiger partial charge in [0.25, 0.3) is 0 Å². The van der Waals surface area contributed by atoms with Gasteiger partial charge in [0.15, 0.2) is 0 Å². The highest BCUT2D eigenvalue weighted by molar-refractivity contribution is 6.02. The zero-order valence-electron chi connectivity index (χ0n) is 19.4. The van der Waals surface area contributed by atoms with Gasteiger partial charge in [-0.25, -0.2) is 9.59 Å². The molecule has 0 heterocycles. The van der Waals surface area contributed by atoms with Crippen molar-refractivity contribution in [3.63, 3.8) is 0 Å². The number of benzene rings is 2. The number of nitrogens with zero attached hydrogens (tertiary/aromatic N) is 1. The predicted molar refractivity (Wildman–Crippen MR) is 128 cm³/mol. The van der Waals surface area contributed by atoms with Crippen LogP contribution in [0.5, 0.6) is 0 Å². The Morgan fingerprint density at radius 2 is 1.56 bits per heavy atom. The van der Waals surface area contributed by atoms with Gasteiger partial charge in [0, 0.05) is 24.5 Å². The number of amides is 2. The van der Waals surface area contributed by atoms with Crippen molar-refractivity contribution in [3.05, 3.63) is 59.2 Å². The van der Waals surface area contributed by atoms with E-state index in [1.54, 1.807) is 17.0 Å². The van der Waals surface area contributed by atoms with Crippen molar-refractivity contribution in [3.8, 4) is 0 Å². The Labute approximate surface area is 190 Å². The number of aliphatic hydroxyl groups excluding tert-OH is 1. The maximum absolute atomic E-state index is 13.2. The molecule has 0 saturated heterocycles. The molecule has 1 aliphatic carbocycles. The monoisotopic (exact) mass is 438 g/mol. The van der Waals surface area contributed by atoms with Gasteiger partial charge >= 0.3 is 12.0 Å². The smallest absolute Gasteiger partial charge is 0.335 e. The van der Waals surface area contributed by atoms with E-state index in [0.29, 0.717) is 25.1 Å². The number of hydrogen-bond acceptors (Lipinski definition) is 3. The van der Waals surface area contributed by atoms with Crippen molar-refractivity contribution in [2.24, 2.45) is 0 Å². The lowest BCUT2D eigenvalue weighted by atomic mass is 9.63. The number of carbonyl (C=O) groups is 2. The molecule has 0 fully saturated rings. The van der Waals surface area contributed by atoms with Gasteiger partial charge in [0.05, 0.1) is 5.56 Å². The van der Waals surface area contributed by atoms with Crippen LogP contribution in [0.1, 0.15) is 74.9 Å². The molecule has 0 atom stereocenters. The standard InChI is InChI=1S/C26H34N2O4/c1-25(2)13-14-26(3,4)22-17-20(11-12-21(22)25)28(15-5-6-16-29)24(32)27-19-9-7-18(8-10-19)23(30)31/h7-12,17,29H,5-6,13-16H2,1-4H3,(H,27,32)(H,30,31). The average molecular weight is 439 g/mol. The minimum absolute atomic E-state index is 0.0285. The average Bonchev–Trinajstić information content (AvgIpc) is 2.75. The number of carboxylic acids is 1. The highest BCUT2D eigenvalue weighted by Crippen LogP contribution is 2.46. The first kappa shape index (κ1) is 23.8. The molecule has 3 rings (SSSR count). The van der Waals surface area contributed by atoms with E-state index in [2.05, 4.69) is 45.1 Å². The Hall–Kier alpha value is -2.86. The summed E-state index contributed by atoms with van der Waals surface area (Å²) in [5, 5.41) is 21.2. The second-order valence-electron chi connectivity index (χ2n) is 9.89. The van der Waals surface area contributed by atoms with E-state index in [-0.39, 0.29) is 29.0 Å². The molecule has 3 N–H and O–H groups in total. The topological polar surface area (TPSA) is 89.9 Å². The van der Waals surface area contributed by atoms with Crippen LogP contribution < -0.4 is 10.2 Å². The fraction of sp³-hybridized carbons (Fsp3) is 0.462. The normalized spacial score (nSPS) is 16.2. The van der Waals surface area contributed by atoms with Crippen LogP contribution in [0.3, 0.4) is 0 Å². The lowest BCUT2D eigenvalue weighted by Crippen LogP contribution is -2.37. The maximum Gasteiger partial charge on any atom is 0.335 e. The van der Waals surface area contributed by atoms with Crippen molar-refractivity contribution >= 4 is 23.4 Å². The highest BCUT2D eigenvalue weighted by Gasteiger charge is 2.37. The molecule has 0 spiro atoms. The van der Waals surface area contributed by atoms with Gasteiger partial charge in [0.2, 0.25) is 0 Å². The molecule has 6 nitrogen and oxygen atoms in total. The number of nitrogens with one attached hydrogen (secondary N) is 1. The van der Waals surface area contributed by atoms with E-state index in [4.69, 9.17) is 5.11 Å². The van der Waals surface area contributed by atoms with Gasteiger partial charge in [-0.3, -0.25) is 4.90 Å².